The molecule has 1 saturated heterocycles. The van der Waals surface area contributed by atoms with Gasteiger partial charge in [-0.25, -0.2) is 4.79 Å². The van der Waals surface area contributed by atoms with Gasteiger partial charge in [-0.2, -0.15) is 0 Å². The summed E-state index contributed by atoms with van der Waals surface area (Å²) >= 11 is 0. The Labute approximate surface area is 563 Å². The van der Waals surface area contributed by atoms with E-state index in [2.05, 4.69) is 76.2 Å². The van der Waals surface area contributed by atoms with Gasteiger partial charge in [0, 0.05) is 53.6 Å². The average molecular weight is 1290 g/mol. The number of phenolic OH excluding ortho intramolecular Hbond substituents is 1. The minimum Gasteiger partial charge on any atom is -0.508 e. The molecule has 6 heterocycles. The summed E-state index contributed by atoms with van der Waals surface area (Å²) in [7, 11) is 1.97. The fraction of sp³-hybridized carbons (Fsp3) is 0.642. The van der Waals surface area contributed by atoms with Crippen LogP contribution in [0.5, 0.6) is 5.75 Å². The predicted molar refractivity (Wildman–Crippen MR) is 368 cm³/mol. The van der Waals surface area contributed by atoms with Crippen molar-refractivity contribution in [3.8, 4) is 5.75 Å². The Balaban J connectivity index is 0.893. The maximum absolute atomic E-state index is 17.1. The lowest BCUT2D eigenvalue weighted by atomic mass is 9.45. The van der Waals surface area contributed by atoms with Gasteiger partial charge in [0.25, 0.3) is 5.60 Å². The molecule has 0 aromatic heterocycles. The number of phenols is 1. The summed E-state index contributed by atoms with van der Waals surface area (Å²) in [6, 6.07) is 13.5. The molecule has 6 fully saturated rings. The van der Waals surface area contributed by atoms with Gasteiger partial charge >= 0.3 is 5.97 Å². The van der Waals surface area contributed by atoms with Crippen LogP contribution in [0, 0.1) is 57.7 Å². The zero-order valence-corrected chi connectivity index (χ0v) is 56.8. The highest BCUT2D eigenvalue weighted by Crippen LogP contribution is 2.71. The number of hydrogen-bond acceptors (Lipinski definition) is 14. The number of ketones is 2. The number of allylic oxidation sites excluding steroid dienone is 8. The molecule has 0 amide bonds. The second-order valence-corrected chi connectivity index (χ2v) is 33.4. The Morgan fingerprint density at radius 2 is 1.71 bits per heavy atom. The molecule has 6 aliphatic heterocycles. The van der Waals surface area contributed by atoms with Crippen molar-refractivity contribution in [1.29, 1.82) is 0 Å². The van der Waals surface area contributed by atoms with Crippen LogP contribution in [0.25, 0.3) is 0 Å². The summed E-state index contributed by atoms with van der Waals surface area (Å²) < 4.78 is 14.9. The van der Waals surface area contributed by atoms with Crippen molar-refractivity contribution in [3.63, 3.8) is 0 Å². The van der Waals surface area contributed by atoms with E-state index in [4.69, 9.17) is 15.2 Å². The number of fused-ring (bicyclic) bond motifs is 4. The second-order valence-electron chi connectivity index (χ2n) is 33.4. The number of dihydropyridines is 2. The molecule has 10 N–H and O–H groups in total. The van der Waals surface area contributed by atoms with Gasteiger partial charge in [-0.3, -0.25) is 9.59 Å². The van der Waals surface area contributed by atoms with Crippen LogP contribution in [-0.2, 0) is 20.7 Å². The number of aliphatic hydroxyl groups is 2. The normalized spacial score (nSPS) is 39.6. The highest BCUT2D eigenvalue weighted by Gasteiger charge is 2.86. The van der Waals surface area contributed by atoms with E-state index in [0.29, 0.717) is 56.1 Å². The molecular weight excluding hydrogens is 1180 g/mol. The van der Waals surface area contributed by atoms with Crippen molar-refractivity contribution in [2.45, 2.75) is 241 Å². The Hall–Kier alpha value is -5.61. The van der Waals surface area contributed by atoms with Gasteiger partial charge in [0.1, 0.15) is 17.7 Å². The third-order valence-electron chi connectivity index (χ3n) is 28.2. The van der Waals surface area contributed by atoms with Gasteiger partial charge < -0.3 is 57.1 Å². The zero-order chi connectivity index (χ0) is 65.2. The summed E-state index contributed by atoms with van der Waals surface area (Å²) in [5.74, 6) is -0.340. The summed E-state index contributed by atoms with van der Waals surface area (Å²) in [6.07, 6.45) is 37.8. The SMILES string of the molecule is CN[C@H]1CCC2=C(NCC=C2CC/C(C)=C(\CO)C[C@@]23O[C@@]24C(=O)O[C@@H]2[C@H]5C[C@@H](O)[C@@]6(CCC7(CCCC7)C6)[C@H]6C[C@H](c7cccc(O)c7)C7=CC(=CNC7N)C[C@@](C)(CCCC[C@@H]7CC=CC8=C[C@](NCC9CCCCC9)(C[C@@H]56)[C@H]2C[C@H]87)Cc2cccc(c2C4=O)C3=O)N1. The largest absolute Gasteiger partial charge is 0.508 e. The zero-order valence-electron chi connectivity index (χ0n) is 56.8. The third kappa shape index (κ3) is 10.8. The Morgan fingerprint density at radius 3 is 2.53 bits per heavy atom. The Kier molecular flexibility index (Phi) is 16.6. The van der Waals surface area contributed by atoms with E-state index in [1.165, 1.54) is 74.5 Å². The lowest BCUT2D eigenvalue weighted by Crippen LogP contribution is -2.68. The maximum atomic E-state index is 17.1. The smallest absolute Gasteiger partial charge is 0.350 e. The van der Waals surface area contributed by atoms with Crippen LogP contribution < -0.4 is 32.3 Å². The molecule has 5 saturated carbocycles. The number of Topliss-reactive ketones (excluding diaryl/α,β-unsaturated/α-hetero) is 2. The van der Waals surface area contributed by atoms with Crippen LogP contribution in [0.15, 0.2) is 124 Å². The van der Waals surface area contributed by atoms with Gasteiger partial charge in [-0.15, -0.1) is 0 Å². The summed E-state index contributed by atoms with van der Waals surface area (Å²) in [5, 5.41) is 55.9. The van der Waals surface area contributed by atoms with E-state index in [1.54, 1.807) is 12.1 Å². The molecule has 508 valence electrons. The molecule has 3 spiro atoms. The lowest BCUT2D eigenvalue weighted by molar-refractivity contribution is -0.199. The highest BCUT2D eigenvalue weighted by atomic mass is 16.7. The number of benzene rings is 2. The standard InChI is InChI=1S/C81H106N6O8/c1-48(23-24-52-27-33-84-74-58(52)25-26-68(83-3)87-74)56(46-88)42-80-71(91)59-22-13-20-55-40-76(2)28-8-7-16-51-17-11-19-54-41-79(86-45-49-14-5-4-6-15-49)43-64-62(70(66(79)36-60(51)54)94-75(93)81(80,95-80)72(92)69(55)59)38-67(90)78(32-31-77(47-78)29-9-10-30-77)65(64)37-61(53-18-12-21-57(89)35-53)63-34-50(39-76)44-85-73(63)82/h11-13,18-22,27,34-35,41,44,49,51,60-62,64-68,70,73,83-90H,4-10,14-17,23-26,28-33,36-40,42-43,45-47,82H2,1-3H3/b56-48-/t51-,60+,61-,62+,64+,65+,66+,67-,68-,70-,73?,76-,78-,79+,80+,81+/m1/s1. The van der Waals surface area contributed by atoms with Crippen LogP contribution in [-0.4, -0.2) is 101 Å². The number of nitrogens with two attached hydrogens (primary N) is 1. The van der Waals surface area contributed by atoms with E-state index in [9.17, 15) is 15.3 Å². The molecule has 11 bridgehead atoms. The molecule has 95 heavy (non-hydrogen) atoms. The quantitative estimate of drug-likeness (QED) is 0.0442. The summed E-state index contributed by atoms with van der Waals surface area (Å²) in [5.41, 5.74) is 11.6. The van der Waals surface area contributed by atoms with Crippen LogP contribution in [0.4, 0.5) is 0 Å². The predicted octanol–water partition coefficient (Wildman–Crippen LogP) is 12.5. The van der Waals surface area contributed by atoms with E-state index < -0.39 is 63.5 Å². The molecule has 14 aliphatic rings. The number of esters is 1. The van der Waals surface area contributed by atoms with Crippen LogP contribution >= 0.6 is 0 Å². The first kappa shape index (κ1) is 64.1. The van der Waals surface area contributed by atoms with Crippen LogP contribution in [0.1, 0.15) is 225 Å². The number of nitrogens with one attached hydrogen (secondary N) is 5. The van der Waals surface area contributed by atoms with Crippen molar-refractivity contribution in [2.24, 2.45) is 63.4 Å². The van der Waals surface area contributed by atoms with Crippen LogP contribution in [0.2, 0.25) is 0 Å². The van der Waals surface area contributed by atoms with Crippen molar-refractivity contribution < 1.29 is 39.2 Å². The van der Waals surface area contributed by atoms with Crippen molar-refractivity contribution in [2.75, 3.05) is 26.7 Å². The molecule has 2 aromatic carbocycles. The fourth-order valence-corrected chi connectivity index (χ4v) is 23.3. The number of rotatable bonds is 11. The van der Waals surface area contributed by atoms with E-state index >= 15 is 14.4 Å². The van der Waals surface area contributed by atoms with Gasteiger partial charge in [-0.1, -0.05) is 118 Å². The number of carbonyl (C=O) groups excluding carboxylic acids is 3. The maximum Gasteiger partial charge on any atom is 0.350 e. The number of hydrogen-bond donors (Lipinski definition) is 9. The number of aliphatic hydroxyl groups excluding tert-OH is 2. The van der Waals surface area contributed by atoms with Gasteiger partial charge in [0.15, 0.2) is 11.4 Å². The first-order chi connectivity index (χ1) is 46.0. The Bertz CT molecular complexity index is 3640. The minimum atomic E-state index is -2.33. The molecule has 0 radical (unpaired) electrons. The van der Waals surface area contributed by atoms with Gasteiger partial charge in [-0.05, 0) is 251 Å². The third-order valence-corrected chi connectivity index (χ3v) is 28.2. The van der Waals surface area contributed by atoms with Crippen molar-refractivity contribution >= 4 is 17.5 Å². The monoisotopic (exact) mass is 1290 g/mol. The second kappa shape index (κ2) is 24.7. The molecule has 14 nitrogen and oxygen atoms in total. The molecular formula is C81H106N6O8. The molecule has 8 aliphatic carbocycles. The molecule has 14 heteroatoms. The number of ether oxygens (including phenoxy) is 2. The highest BCUT2D eigenvalue weighted by molar-refractivity contribution is 6.33. The number of aromatic hydroxyl groups is 1. The first-order valence-corrected chi connectivity index (χ1v) is 37.5. The summed E-state index contributed by atoms with van der Waals surface area (Å²) in [4.78, 5) is 50.3. The van der Waals surface area contributed by atoms with E-state index in [-0.39, 0.29) is 77.0 Å². The number of epoxide rings is 1. The molecule has 2 aromatic rings. The molecule has 1 unspecified atom stereocenters. The Morgan fingerprint density at radius 1 is 0.884 bits per heavy atom. The molecule has 16 atom stereocenters. The van der Waals surface area contributed by atoms with Crippen molar-refractivity contribution in [3.05, 3.63) is 146 Å². The molecule has 16 rings (SSSR count). The minimum absolute atomic E-state index is 0.0758. The van der Waals surface area contributed by atoms with Crippen molar-refractivity contribution in [1.82, 2.24) is 26.6 Å². The van der Waals surface area contributed by atoms with Gasteiger partial charge in [0.05, 0.1) is 25.0 Å². The lowest BCUT2D eigenvalue weighted by Gasteiger charge is -2.63. The number of carbonyl (C=O) groups is 3. The topological polar surface area (TPSA) is 220 Å². The van der Waals surface area contributed by atoms with E-state index in [0.717, 1.165) is 124 Å². The van der Waals surface area contributed by atoms with Crippen LogP contribution in [0.3, 0.4) is 0 Å². The first-order valence-electron chi connectivity index (χ1n) is 37.5. The fourth-order valence-electron chi connectivity index (χ4n) is 23.3. The van der Waals surface area contributed by atoms with Gasteiger partial charge in [0.2, 0.25) is 5.78 Å². The average Bonchev–Trinajstić information content (AvgIpc) is 1.50. The van der Waals surface area contributed by atoms with E-state index in [1.807, 2.05) is 38.2 Å². The summed E-state index contributed by atoms with van der Waals surface area (Å²) in [6.45, 7) is 5.52.